The van der Waals surface area contributed by atoms with E-state index in [-0.39, 0.29) is 0 Å². The quantitative estimate of drug-likeness (QED) is 0.736. The highest BCUT2D eigenvalue weighted by Gasteiger charge is 2.05. The fourth-order valence-electron chi connectivity index (χ4n) is 2.34. The van der Waals surface area contributed by atoms with Gasteiger partial charge in [-0.05, 0) is 68.6 Å². The van der Waals surface area contributed by atoms with E-state index in [1.807, 2.05) is 0 Å². The lowest BCUT2D eigenvalue weighted by atomic mass is 10.0. The summed E-state index contributed by atoms with van der Waals surface area (Å²) in [6, 6.07) is 6.81. The number of benzene rings is 1. The van der Waals surface area contributed by atoms with Crippen LogP contribution in [-0.2, 0) is 0 Å². The summed E-state index contributed by atoms with van der Waals surface area (Å²) in [5, 5.41) is 7.35. The van der Waals surface area contributed by atoms with E-state index in [1.54, 1.807) is 0 Å². The first-order chi connectivity index (χ1) is 9.36. The molecule has 1 unspecified atom stereocenters. The lowest BCUT2D eigenvalue weighted by molar-refractivity contribution is 0.495. The van der Waals surface area contributed by atoms with E-state index in [4.69, 9.17) is 12.2 Å². The van der Waals surface area contributed by atoms with Gasteiger partial charge < -0.3 is 10.6 Å². The molecule has 0 fully saturated rings. The van der Waals surface area contributed by atoms with Gasteiger partial charge in [-0.3, -0.25) is 0 Å². The van der Waals surface area contributed by atoms with Crippen molar-refractivity contribution in [3.05, 3.63) is 29.3 Å². The molecular formula is C17H28N2S. The van der Waals surface area contributed by atoms with Gasteiger partial charge in [-0.15, -0.1) is 0 Å². The van der Waals surface area contributed by atoms with E-state index >= 15 is 0 Å². The molecular weight excluding hydrogens is 264 g/mol. The Kier molecular flexibility index (Phi) is 7.00. The molecule has 112 valence electrons. The largest absolute Gasteiger partial charge is 0.360 e. The van der Waals surface area contributed by atoms with E-state index in [0.29, 0.717) is 11.2 Å². The average Bonchev–Trinajstić information content (AvgIpc) is 2.25. The summed E-state index contributed by atoms with van der Waals surface area (Å²) in [5.41, 5.74) is 3.56. The second-order valence-electron chi connectivity index (χ2n) is 6.20. The third-order valence-corrected chi connectivity index (χ3v) is 3.50. The van der Waals surface area contributed by atoms with Crippen molar-refractivity contribution in [2.75, 3.05) is 5.32 Å². The molecule has 0 aliphatic rings. The van der Waals surface area contributed by atoms with Crippen LogP contribution >= 0.6 is 12.2 Å². The minimum Gasteiger partial charge on any atom is -0.360 e. The zero-order valence-electron chi connectivity index (χ0n) is 13.4. The summed E-state index contributed by atoms with van der Waals surface area (Å²) >= 11 is 5.38. The molecule has 0 aromatic heterocycles. The fraction of sp³-hybridized carbons (Fsp3) is 0.588. The maximum absolute atomic E-state index is 5.38. The second kappa shape index (κ2) is 8.25. The highest BCUT2D eigenvalue weighted by molar-refractivity contribution is 7.80. The van der Waals surface area contributed by atoms with Crippen LogP contribution in [0.25, 0.3) is 0 Å². The zero-order valence-corrected chi connectivity index (χ0v) is 14.2. The molecule has 0 amide bonds. The average molecular weight is 292 g/mol. The highest BCUT2D eigenvalue weighted by Crippen LogP contribution is 2.14. The second-order valence-corrected chi connectivity index (χ2v) is 6.61. The summed E-state index contributed by atoms with van der Waals surface area (Å²) in [7, 11) is 0. The van der Waals surface area contributed by atoms with Crippen molar-refractivity contribution >= 4 is 23.0 Å². The maximum atomic E-state index is 5.38. The number of hydrogen-bond acceptors (Lipinski definition) is 1. The number of anilines is 1. The van der Waals surface area contributed by atoms with Crippen molar-refractivity contribution < 1.29 is 0 Å². The van der Waals surface area contributed by atoms with E-state index in [9.17, 15) is 0 Å². The normalized spacial score (nSPS) is 12.3. The molecule has 1 aromatic carbocycles. The fourth-order valence-corrected chi connectivity index (χ4v) is 2.66. The van der Waals surface area contributed by atoms with Crippen LogP contribution in [0.1, 0.15) is 51.2 Å². The molecule has 0 saturated carbocycles. The Hall–Kier alpha value is -1.09. The number of thiocarbonyl (C=S) groups is 1. The number of aryl methyl sites for hydroxylation is 2. The topological polar surface area (TPSA) is 24.1 Å². The van der Waals surface area contributed by atoms with Crippen LogP contribution in [0.2, 0.25) is 0 Å². The van der Waals surface area contributed by atoms with E-state index in [2.05, 4.69) is 63.5 Å². The Balaban J connectivity index is 2.39. The molecule has 0 aliphatic heterocycles. The molecule has 3 heteroatoms. The lowest BCUT2D eigenvalue weighted by Crippen LogP contribution is -2.35. The minimum absolute atomic E-state index is 0.416. The molecule has 0 spiro atoms. The van der Waals surface area contributed by atoms with Crippen LogP contribution in [0.3, 0.4) is 0 Å². The molecule has 0 radical (unpaired) electrons. The molecule has 2 nitrogen and oxygen atoms in total. The van der Waals surface area contributed by atoms with Crippen molar-refractivity contribution in [1.29, 1.82) is 0 Å². The Morgan fingerprint density at radius 2 is 1.65 bits per heavy atom. The van der Waals surface area contributed by atoms with Gasteiger partial charge in [-0.2, -0.15) is 0 Å². The minimum atomic E-state index is 0.416. The Morgan fingerprint density at radius 3 is 2.20 bits per heavy atom. The van der Waals surface area contributed by atoms with Crippen LogP contribution < -0.4 is 10.6 Å². The Bertz CT molecular complexity index is 420. The molecule has 0 bridgehead atoms. The molecule has 20 heavy (non-hydrogen) atoms. The highest BCUT2D eigenvalue weighted by atomic mass is 32.1. The Labute approximate surface area is 129 Å². The van der Waals surface area contributed by atoms with Gasteiger partial charge in [0.1, 0.15) is 0 Å². The van der Waals surface area contributed by atoms with Crippen molar-refractivity contribution in [3.63, 3.8) is 0 Å². The third kappa shape index (κ3) is 6.90. The predicted molar refractivity (Wildman–Crippen MR) is 93.4 cm³/mol. The van der Waals surface area contributed by atoms with Gasteiger partial charge in [-0.25, -0.2) is 0 Å². The van der Waals surface area contributed by atoms with Gasteiger partial charge in [0.2, 0.25) is 0 Å². The summed E-state index contributed by atoms with van der Waals surface area (Å²) < 4.78 is 0. The van der Waals surface area contributed by atoms with E-state index in [0.717, 1.165) is 18.0 Å². The monoisotopic (exact) mass is 292 g/mol. The van der Waals surface area contributed by atoms with Crippen LogP contribution in [0.5, 0.6) is 0 Å². The predicted octanol–water partition coefficient (Wildman–Crippen LogP) is 4.80. The van der Waals surface area contributed by atoms with Crippen molar-refractivity contribution in [3.8, 4) is 0 Å². The molecule has 1 atom stereocenters. The van der Waals surface area contributed by atoms with Crippen LogP contribution in [0.4, 0.5) is 5.69 Å². The van der Waals surface area contributed by atoms with Crippen LogP contribution in [0.15, 0.2) is 18.2 Å². The standard InChI is InChI=1S/C17H28N2S/c1-12(2)7-6-8-15(5)18-17(20)19-16-10-13(3)9-14(4)11-16/h9-12,15H,6-8H2,1-5H3,(H2,18,19,20). The third-order valence-electron chi connectivity index (χ3n) is 3.28. The molecule has 0 saturated heterocycles. The molecule has 0 aliphatic carbocycles. The van der Waals surface area contributed by atoms with E-state index in [1.165, 1.54) is 24.0 Å². The summed E-state index contributed by atoms with van der Waals surface area (Å²) in [5.74, 6) is 0.780. The SMILES string of the molecule is Cc1cc(C)cc(NC(=S)NC(C)CCCC(C)C)c1. The molecule has 2 N–H and O–H groups in total. The van der Waals surface area contributed by atoms with Gasteiger partial charge in [-0.1, -0.05) is 32.8 Å². The van der Waals surface area contributed by atoms with Crippen molar-refractivity contribution in [2.45, 2.75) is 59.9 Å². The zero-order chi connectivity index (χ0) is 15.1. The van der Waals surface area contributed by atoms with E-state index < -0.39 is 0 Å². The first-order valence-electron chi connectivity index (χ1n) is 7.52. The molecule has 0 heterocycles. The van der Waals surface area contributed by atoms with Gasteiger partial charge in [0, 0.05) is 11.7 Å². The summed E-state index contributed by atoms with van der Waals surface area (Å²) in [4.78, 5) is 0. The lowest BCUT2D eigenvalue weighted by Gasteiger charge is -2.18. The van der Waals surface area contributed by atoms with Crippen LogP contribution in [0, 0.1) is 19.8 Å². The summed E-state index contributed by atoms with van der Waals surface area (Å²) in [6.07, 6.45) is 3.69. The van der Waals surface area contributed by atoms with Gasteiger partial charge in [0.15, 0.2) is 5.11 Å². The van der Waals surface area contributed by atoms with Crippen molar-refractivity contribution in [1.82, 2.24) is 5.32 Å². The Morgan fingerprint density at radius 1 is 1.05 bits per heavy atom. The van der Waals surface area contributed by atoms with Gasteiger partial charge in [0.25, 0.3) is 0 Å². The maximum Gasteiger partial charge on any atom is 0.170 e. The van der Waals surface area contributed by atoms with Gasteiger partial charge in [0.05, 0.1) is 0 Å². The van der Waals surface area contributed by atoms with Crippen molar-refractivity contribution in [2.24, 2.45) is 5.92 Å². The first-order valence-corrected chi connectivity index (χ1v) is 7.93. The smallest absolute Gasteiger partial charge is 0.170 e. The molecule has 1 aromatic rings. The van der Waals surface area contributed by atoms with Gasteiger partial charge >= 0.3 is 0 Å². The number of nitrogens with one attached hydrogen (secondary N) is 2. The molecule has 1 rings (SSSR count). The number of hydrogen-bond donors (Lipinski definition) is 2. The first kappa shape index (κ1) is 17.0. The number of rotatable bonds is 6. The van der Waals surface area contributed by atoms with Crippen LogP contribution in [-0.4, -0.2) is 11.2 Å². The summed E-state index contributed by atoms with van der Waals surface area (Å²) in [6.45, 7) is 10.9.